The van der Waals surface area contributed by atoms with Gasteiger partial charge in [-0.1, -0.05) is 0 Å². The minimum Gasteiger partial charge on any atom is -0.364 e. The Morgan fingerprint density at radius 3 is 3.00 bits per heavy atom. The Balaban J connectivity index is 2.86. The molecule has 11 heavy (non-hydrogen) atoms. The summed E-state index contributed by atoms with van der Waals surface area (Å²) >= 11 is 3.18. The molecular formula is C7H8BrNO2. The molecule has 1 unspecified atom stereocenters. The van der Waals surface area contributed by atoms with Crippen LogP contribution in [0.3, 0.4) is 0 Å². The maximum Gasteiger partial charge on any atom is 0.180 e. The Hall–Kier alpha value is -0.450. The molecule has 3 nitrogen and oxygen atoms in total. The zero-order valence-electron chi connectivity index (χ0n) is 5.99. The van der Waals surface area contributed by atoms with E-state index in [0.717, 1.165) is 0 Å². The first-order chi connectivity index (χ1) is 5.24. The van der Waals surface area contributed by atoms with E-state index in [9.17, 15) is 5.11 Å². The second-order valence-electron chi connectivity index (χ2n) is 2.00. The first-order valence-corrected chi connectivity index (χ1v) is 3.85. The van der Waals surface area contributed by atoms with Crippen LogP contribution in [0.25, 0.3) is 0 Å². The Kier molecular flexibility index (Phi) is 2.99. The Bertz CT molecular complexity index is 242. The lowest BCUT2D eigenvalue weighted by molar-refractivity contribution is -0.0770. The van der Waals surface area contributed by atoms with E-state index in [-0.39, 0.29) is 0 Å². The normalized spacial score (nSPS) is 13.0. The van der Waals surface area contributed by atoms with Crippen LogP contribution in [0.1, 0.15) is 11.9 Å². The molecule has 0 aromatic carbocycles. The molecule has 0 saturated carbocycles. The van der Waals surface area contributed by atoms with Gasteiger partial charge in [-0.2, -0.15) is 0 Å². The van der Waals surface area contributed by atoms with Crippen molar-refractivity contribution >= 4 is 15.9 Å². The Labute approximate surface area is 73.2 Å². The van der Waals surface area contributed by atoms with Gasteiger partial charge in [0.2, 0.25) is 0 Å². The summed E-state index contributed by atoms with van der Waals surface area (Å²) in [4.78, 5) is 3.91. The van der Waals surface area contributed by atoms with Gasteiger partial charge in [-0.25, -0.2) is 4.98 Å². The highest BCUT2D eigenvalue weighted by atomic mass is 79.9. The lowest BCUT2D eigenvalue weighted by atomic mass is 10.3. The van der Waals surface area contributed by atoms with Crippen molar-refractivity contribution in [1.82, 2.24) is 4.98 Å². The molecule has 1 atom stereocenters. The van der Waals surface area contributed by atoms with Crippen molar-refractivity contribution in [3.05, 3.63) is 28.5 Å². The van der Waals surface area contributed by atoms with Crippen molar-refractivity contribution in [2.45, 2.75) is 6.29 Å². The van der Waals surface area contributed by atoms with Crippen molar-refractivity contribution in [3.8, 4) is 0 Å². The molecule has 1 rings (SSSR count). The van der Waals surface area contributed by atoms with Gasteiger partial charge in [-0.15, -0.1) is 0 Å². The SMILES string of the molecule is COC(O)c1ccnc(Br)c1. The Morgan fingerprint density at radius 1 is 1.73 bits per heavy atom. The van der Waals surface area contributed by atoms with Crippen LogP contribution in [0, 0.1) is 0 Å². The van der Waals surface area contributed by atoms with Gasteiger partial charge in [0.05, 0.1) is 0 Å². The molecule has 0 spiro atoms. The molecule has 0 radical (unpaired) electrons. The maximum atomic E-state index is 9.18. The first-order valence-electron chi connectivity index (χ1n) is 3.06. The molecule has 60 valence electrons. The third-order valence-corrected chi connectivity index (χ3v) is 1.69. The second kappa shape index (κ2) is 3.80. The van der Waals surface area contributed by atoms with E-state index in [1.165, 1.54) is 7.11 Å². The van der Waals surface area contributed by atoms with E-state index in [0.29, 0.717) is 10.2 Å². The number of halogens is 1. The standard InChI is InChI=1S/C7H8BrNO2/c1-11-7(10)5-2-3-9-6(8)4-5/h2-4,7,10H,1H3. The first kappa shape index (κ1) is 8.64. The lowest BCUT2D eigenvalue weighted by Crippen LogP contribution is -1.99. The summed E-state index contributed by atoms with van der Waals surface area (Å²) in [6.07, 6.45) is 0.732. The highest BCUT2D eigenvalue weighted by Crippen LogP contribution is 2.15. The van der Waals surface area contributed by atoms with Crippen LogP contribution in [-0.2, 0) is 4.74 Å². The van der Waals surface area contributed by atoms with Gasteiger partial charge in [0.25, 0.3) is 0 Å². The van der Waals surface area contributed by atoms with Gasteiger partial charge >= 0.3 is 0 Å². The van der Waals surface area contributed by atoms with Gasteiger partial charge in [-0.05, 0) is 28.1 Å². The predicted octanol–water partition coefficient (Wildman–Crippen LogP) is 1.48. The third-order valence-electron chi connectivity index (χ3n) is 1.26. The van der Waals surface area contributed by atoms with Gasteiger partial charge in [0.15, 0.2) is 6.29 Å². The number of aliphatic hydroxyl groups excluding tert-OH is 1. The maximum absolute atomic E-state index is 9.18. The summed E-state index contributed by atoms with van der Waals surface area (Å²) in [5.41, 5.74) is 0.689. The zero-order valence-corrected chi connectivity index (χ0v) is 7.58. The third kappa shape index (κ3) is 2.25. The number of methoxy groups -OCH3 is 1. The van der Waals surface area contributed by atoms with Crippen molar-refractivity contribution in [3.63, 3.8) is 0 Å². The molecule has 1 aromatic heterocycles. The van der Waals surface area contributed by atoms with Crippen LogP contribution in [0.4, 0.5) is 0 Å². The average molecular weight is 218 g/mol. The van der Waals surface area contributed by atoms with Crippen LogP contribution in [-0.4, -0.2) is 17.2 Å². The number of hydrogen-bond donors (Lipinski definition) is 1. The van der Waals surface area contributed by atoms with Crippen molar-refractivity contribution in [2.24, 2.45) is 0 Å². The minimum absolute atomic E-state index is 0.686. The molecular weight excluding hydrogens is 210 g/mol. The molecule has 0 aliphatic carbocycles. The lowest BCUT2D eigenvalue weighted by Gasteiger charge is -2.07. The van der Waals surface area contributed by atoms with Crippen molar-refractivity contribution < 1.29 is 9.84 Å². The fourth-order valence-corrected chi connectivity index (χ4v) is 1.09. The number of aromatic nitrogens is 1. The van der Waals surface area contributed by atoms with E-state index >= 15 is 0 Å². The minimum atomic E-state index is -0.866. The fraction of sp³-hybridized carbons (Fsp3) is 0.286. The summed E-state index contributed by atoms with van der Waals surface area (Å²) in [5, 5.41) is 9.18. The van der Waals surface area contributed by atoms with Crippen LogP contribution < -0.4 is 0 Å². The van der Waals surface area contributed by atoms with Crippen LogP contribution >= 0.6 is 15.9 Å². The molecule has 0 amide bonds. The van der Waals surface area contributed by atoms with E-state index < -0.39 is 6.29 Å². The molecule has 0 bridgehead atoms. The van der Waals surface area contributed by atoms with Gasteiger partial charge < -0.3 is 9.84 Å². The molecule has 0 aliphatic rings. The summed E-state index contributed by atoms with van der Waals surface area (Å²) in [6.45, 7) is 0. The number of rotatable bonds is 2. The second-order valence-corrected chi connectivity index (χ2v) is 2.81. The largest absolute Gasteiger partial charge is 0.364 e. The molecule has 1 heterocycles. The van der Waals surface area contributed by atoms with Crippen molar-refractivity contribution in [2.75, 3.05) is 7.11 Å². The van der Waals surface area contributed by atoms with Crippen molar-refractivity contribution in [1.29, 1.82) is 0 Å². The summed E-state index contributed by atoms with van der Waals surface area (Å²) in [7, 11) is 1.44. The molecule has 0 aliphatic heterocycles. The van der Waals surface area contributed by atoms with E-state index in [2.05, 4.69) is 20.9 Å². The van der Waals surface area contributed by atoms with Crippen LogP contribution in [0.15, 0.2) is 22.9 Å². The quantitative estimate of drug-likeness (QED) is 0.603. The summed E-state index contributed by atoms with van der Waals surface area (Å²) in [6, 6.07) is 3.40. The Morgan fingerprint density at radius 2 is 2.45 bits per heavy atom. The van der Waals surface area contributed by atoms with E-state index in [1.54, 1.807) is 18.3 Å². The van der Waals surface area contributed by atoms with Crippen LogP contribution in [0.2, 0.25) is 0 Å². The van der Waals surface area contributed by atoms with Gasteiger partial charge in [0, 0.05) is 18.9 Å². The average Bonchev–Trinajstić information content (AvgIpc) is 2.03. The van der Waals surface area contributed by atoms with E-state index in [1.807, 2.05) is 0 Å². The number of pyridine rings is 1. The number of aliphatic hydroxyl groups is 1. The fourth-order valence-electron chi connectivity index (χ4n) is 0.707. The smallest absolute Gasteiger partial charge is 0.180 e. The number of nitrogens with zero attached hydrogens (tertiary/aromatic N) is 1. The topological polar surface area (TPSA) is 42.4 Å². The van der Waals surface area contributed by atoms with Gasteiger partial charge in [0.1, 0.15) is 4.60 Å². The number of ether oxygens (including phenoxy) is 1. The van der Waals surface area contributed by atoms with Crippen LogP contribution in [0.5, 0.6) is 0 Å². The number of hydrogen-bond acceptors (Lipinski definition) is 3. The zero-order chi connectivity index (χ0) is 8.27. The monoisotopic (exact) mass is 217 g/mol. The molecule has 1 aromatic rings. The summed E-state index contributed by atoms with van der Waals surface area (Å²) < 4.78 is 5.38. The van der Waals surface area contributed by atoms with E-state index in [4.69, 9.17) is 4.74 Å². The summed E-state index contributed by atoms with van der Waals surface area (Å²) in [5.74, 6) is 0. The van der Waals surface area contributed by atoms with Gasteiger partial charge in [-0.3, -0.25) is 0 Å². The predicted molar refractivity (Wildman–Crippen MR) is 43.9 cm³/mol. The molecule has 0 saturated heterocycles. The highest BCUT2D eigenvalue weighted by molar-refractivity contribution is 9.10. The molecule has 0 fully saturated rings. The highest BCUT2D eigenvalue weighted by Gasteiger charge is 2.04. The molecule has 1 N–H and O–H groups in total. The molecule has 4 heteroatoms.